The van der Waals surface area contributed by atoms with E-state index in [1.54, 1.807) is 72.8 Å². The third kappa shape index (κ3) is 4.37. The molecular formula is C24H19BrN4O4S. The number of methoxy groups -OCH3 is 2. The standard InChI is InChI=1S/C24H19BrN4O4S/c1-32-19-9-5-3-7-17(19)28-22(30)21(27-26-16-13-11-15(25)12-14-16)23(31)29(24(28)34)18-8-4-6-10-20(18)33-2/h3-14,30H,1-2H3. The summed E-state index contributed by atoms with van der Waals surface area (Å²) in [5, 5.41) is 19.4. The molecule has 0 unspecified atom stereocenters. The fraction of sp³-hybridized carbons (Fsp3) is 0.0833. The summed E-state index contributed by atoms with van der Waals surface area (Å²) in [6, 6.07) is 20.9. The summed E-state index contributed by atoms with van der Waals surface area (Å²) in [7, 11) is 3.00. The van der Waals surface area contributed by atoms with Crippen molar-refractivity contribution in [3.05, 3.63) is 92.4 Å². The van der Waals surface area contributed by atoms with Crippen LogP contribution in [0.3, 0.4) is 0 Å². The minimum absolute atomic E-state index is 0.000841. The third-order valence-corrected chi connectivity index (χ3v) is 5.85. The molecule has 0 saturated carbocycles. The van der Waals surface area contributed by atoms with Crippen LogP contribution in [0.1, 0.15) is 0 Å². The lowest BCUT2D eigenvalue weighted by molar-refractivity contribution is 0.400. The highest BCUT2D eigenvalue weighted by molar-refractivity contribution is 9.10. The van der Waals surface area contributed by atoms with E-state index in [-0.39, 0.29) is 10.5 Å². The van der Waals surface area contributed by atoms with E-state index in [0.717, 1.165) is 4.47 Å². The number of nitrogens with zero attached hydrogens (tertiary/aromatic N) is 4. The molecule has 4 aromatic rings. The van der Waals surface area contributed by atoms with E-state index in [1.165, 1.54) is 23.4 Å². The van der Waals surface area contributed by atoms with Crippen LogP contribution in [-0.4, -0.2) is 28.5 Å². The molecule has 0 atom stereocenters. The van der Waals surface area contributed by atoms with Gasteiger partial charge in [0, 0.05) is 4.47 Å². The van der Waals surface area contributed by atoms with Gasteiger partial charge < -0.3 is 14.6 Å². The summed E-state index contributed by atoms with van der Waals surface area (Å²) in [5.41, 5.74) is 0.365. The largest absolute Gasteiger partial charge is 0.495 e. The zero-order valence-corrected chi connectivity index (χ0v) is 20.6. The summed E-state index contributed by atoms with van der Waals surface area (Å²) >= 11 is 9.04. The Hall–Kier alpha value is -3.76. The lowest BCUT2D eigenvalue weighted by atomic mass is 10.2. The second kappa shape index (κ2) is 10.0. The predicted molar refractivity (Wildman–Crippen MR) is 135 cm³/mol. The van der Waals surface area contributed by atoms with Crippen molar-refractivity contribution in [3.63, 3.8) is 0 Å². The molecular weight excluding hydrogens is 520 g/mol. The second-order valence-electron chi connectivity index (χ2n) is 6.95. The van der Waals surface area contributed by atoms with Crippen LogP contribution in [0.15, 0.2) is 92.3 Å². The fourth-order valence-corrected chi connectivity index (χ4v) is 3.98. The Labute approximate surface area is 208 Å². The number of aromatic nitrogens is 2. The van der Waals surface area contributed by atoms with Gasteiger partial charge in [-0.15, -0.1) is 5.11 Å². The van der Waals surface area contributed by atoms with Crippen LogP contribution in [0.2, 0.25) is 0 Å². The zero-order chi connectivity index (χ0) is 24.2. The molecule has 0 aliphatic carbocycles. The van der Waals surface area contributed by atoms with Gasteiger partial charge in [-0.1, -0.05) is 40.2 Å². The summed E-state index contributed by atoms with van der Waals surface area (Å²) in [4.78, 5) is 13.6. The van der Waals surface area contributed by atoms with Crippen LogP contribution in [0.4, 0.5) is 11.4 Å². The van der Waals surface area contributed by atoms with Crippen LogP contribution >= 0.6 is 28.1 Å². The third-order valence-electron chi connectivity index (χ3n) is 4.96. The Morgan fingerprint density at radius 1 is 0.824 bits per heavy atom. The van der Waals surface area contributed by atoms with Crippen molar-refractivity contribution in [2.75, 3.05) is 14.2 Å². The van der Waals surface area contributed by atoms with E-state index < -0.39 is 11.4 Å². The highest BCUT2D eigenvalue weighted by Crippen LogP contribution is 2.34. The first-order valence-electron chi connectivity index (χ1n) is 10.0. The summed E-state index contributed by atoms with van der Waals surface area (Å²) < 4.78 is 14.3. The van der Waals surface area contributed by atoms with Gasteiger partial charge in [-0.05, 0) is 60.7 Å². The second-order valence-corrected chi connectivity index (χ2v) is 8.23. The van der Waals surface area contributed by atoms with Crippen LogP contribution in [0.25, 0.3) is 11.4 Å². The maximum Gasteiger partial charge on any atom is 0.290 e. The van der Waals surface area contributed by atoms with Gasteiger partial charge in [-0.2, -0.15) is 5.11 Å². The maximum absolute atomic E-state index is 13.6. The Bertz CT molecular complexity index is 1500. The number of rotatable bonds is 6. The molecule has 0 saturated heterocycles. The van der Waals surface area contributed by atoms with E-state index in [0.29, 0.717) is 28.6 Å². The van der Waals surface area contributed by atoms with Gasteiger partial charge in [0.15, 0.2) is 4.77 Å². The van der Waals surface area contributed by atoms with Gasteiger partial charge >= 0.3 is 0 Å². The molecule has 8 nitrogen and oxygen atoms in total. The molecule has 0 aliphatic heterocycles. The van der Waals surface area contributed by atoms with Crippen molar-refractivity contribution in [1.82, 2.24) is 9.13 Å². The Kier molecular flexibility index (Phi) is 6.90. The number of aromatic hydroxyl groups is 1. The average Bonchev–Trinajstić information content (AvgIpc) is 2.85. The predicted octanol–water partition coefficient (Wildman–Crippen LogP) is 6.26. The first kappa shape index (κ1) is 23.4. The number of hydrogen-bond donors (Lipinski definition) is 1. The van der Waals surface area contributed by atoms with Crippen molar-refractivity contribution >= 4 is 39.5 Å². The number of hydrogen-bond acceptors (Lipinski definition) is 7. The molecule has 34 heavy (non-hydrogen) atoms. The smallest absolute Gasteiger partial charge is 0.290 e. The average molecular weight is 539 g/mol. The van der Waals surface area contributed by atoms with Crippen LogP contribution < -0.4 is 15.0 Å². The van der Waals surface area contributed by atoms with Crippen LogP contribution in [-0.2, 0) is 0 Å². The minimum Gasteiger partial charge on any atom is -0.495 e. The highest BCUT2D eigenvalue weighted by atomic mass is 79.9. The van der Waals surface area contributed by atoms with Crippen molar-refractivity contribution in [3.8, 4) is 28.8 Å². The zero-order valence-electron chi connectivity index (χ0n) is 18.2. The minimum atomic E-state index is -0.654. The summed E-state index contributed by atoms with van der Waals surface area (Å²) in [6.45, 7) is 0. The molecule has 1 heterocycles. The van der Waals surface area contributed by atoms with E-state index in [4.69, 9.17) is 21.7 Å². The molecule has 0 radical (unpaired) electrons. The SMILES string of the molecule is COc1ccccc1-n1c(O)c(N=Nc2ccc(Br)cc2)c(=O)n(-c2ccccc2OC)c1=S. The number of para-hydroxylation sites is 4. The molecule has 1 aromatic heterocycles. The number of azo groups is 1. The number of ether oxygens (including phenoxy) is 2. The van der Waals surface area contributed by atoms with Crippen LogP contribution in [0, 0.1) is 4.77 Å². The topological polar surface area (TPSA) is 90.3 Å². The molecule has 10 heteroatoms. The van der Waals surface area contributed by atoms with Gasteiger partial charge in [0.1, 0.15) is 11.5 Å². The van der Waals surface area contributed by atoms with E-state index in [2.05, 4.69) is 26.2 Å². The summed E-state index contributed by atoms with van der Waals surface area (Å²) in [5.74, 6) is 0.394. The lowest BCUT2D eigenvalue weighted by Gasteiger charge is -2.18. The lowest BCUT2D eigenvalue weighted by Crippen LogP contribution is -2.23. The Morgan fingerprint density at radius 2 is 1.35 bits per heavy atom. The van der Waals surface area contributed by atoms with Gasteiger partial charge in [0.2, 0.25) is 11.6 Å². The monoisotopic (exact) mass is 538 g/mol. The first-order valence-corrected chi connectivity index (χ1v) is 11.2. The quantitative estimate of drug-likeness (QED) is 0.231. The Morgan fingerprint density at radius 3 is 1.91 bits per heavy atom. The molecule has 3 aromatic carbocycles. The van der Waals surface area contributed by atoms with Gasteiger partial charge in [-0.3, -0.25) is 9.36 Å². The first-order chi connectivity index (χ1) is 16.5. The summed E-state index contributed by atoms with van der Waals surface area (Å²) in [6.07, 6.45) is 0. The fourth-order valence-electron chi connectivity index (χ4n) is 3.35. The molecule has 0 fully saturated rings. The molecule has 0 spiro atoms. The van der Waals surface area contributed by atoms with Crippen molar-refractivity contribution < 1.29 is 14.6 Å². The van der Waals surface area contributed by atoms with Crippen LogP contribution in [0.5, 0.6) is 17.4 Å². The van der Waals surface area contributed by atoms with Gasteiger partial charge in [-0.25, -0.2) is 4.57 Å². The molecule has 4 rings (SSSR count). The van der Waals surface area contributed by atoms with Crippen molar-refractivity contribution in [1.29, 1.82) is 0 Å². The van der Waals surface area contributed by atoms with E-state index in [9.17, 15) is 9.90 Å². The van der Waals surface area contributed by atoms with E-state index in [1.807, 2.05) is 0 Å². The molecule has 0 bridgehead atoms. The molecule has 172 valence electrons. The van der Waals surface area contributed by atoms with Gasteiger partial charge in [0.25, 0.3) is 5.56 Å². The molecule has 0 amide bonds. The van der Waals surface area contributed by atoms with Crippen molar-refractivity contribution in [2.45, 2.75) is 0 Å². The maximum atomic E-state index is 13.6. The number of benzene rings is 3. The van der Waals surface area contributed by atoms with E-state index >= 15 is 0 Å². The van der Waals surface area contributed by atoms with Gasteiger partial charge in [0.05, 0.1) is 31.3 Å². The number of halogens is 1. The van der Waals surface area contributed by atoms with Crippen molar-refractivity contribution in [2.24, 2.45) is 10.2 Å². The normalized spacial score (nSPS) is 11.0. The highest BCUT2D eigenvalue weighted by Gasteiger charge is 2.22. The molecule has 1 N–H and O–H groups in total. The molecule has 0 aliphatic rings. The Balaban J connectivity index is 2.06.